The molecule has 1 aromatic rings. The Bertz CT molecular complexity index is 402. The van der Waals surface area contributed by atoms with E-state index in [1.165, 1.54) is 11.3 Å². The van der Waals surface area contributed by atoms with Crippen molar-refractivity contribution in [2.45, 2.75) is 19.2 Å². The van der Waals surface area contributed by atoms with Gasteiger partial charge >= 0.3 is 0 Å². The van der Waals surface area contributed by atoms with Gasteiger partial charge in [0, 0.05) is 31.6 Å². The zero-order valence-electron chi connectivity index (χ0n) is 10.6. The van der Waals surface area contributed by atoms with E-state index in [-0.39, 0.29) is 5.91 Å². The van der Waals surface area contributed by atoms with E-state index in [0.717, 1.165) is 43.4 Å². The molecule has 0 radical (unpaired) electrons. The molecule has 0 atom stereocenters. The number of carbonyl (C=O) groups excluding carboxylic acids is 1. The van der Waals surface area contributed by atoms with E-state index in [1.807, 2.05) is 10.3 Å². The van der Waals surface area contributed by atoms with Crippen molar-refractivity contribution in [2.75, 3.05) is 32.7 Å². The molecule has 0 unspecified atom stereocenters. The lowest BCUT2D eigenvalue weighted by Crippen LogP contribution is -2.48. The molecular weight excluding hydrogens is 270 g/mol. The quantitative estimate of drug-likeness (QED) is 0.789. The number of aromatic nitrogens is 1. The summed E-state index contributed by atoms with van der Waals surface area (Å²) in [6, 6.07) is 0. The first-order valence-corrected chi connectivity index (χ1v) is 7.63. The van der Waals surface area contributed by atoms with Crippen LogP contribution in [0.3, 0.4) is 0 Å². The first-order chi connectivity index (χ1) is 8.72. The molecule has 1 aliphatic rings. The van der Waals surface area contributed by atoms with Gasteiger partial charge in [-0.05, 0) is 6.54 Å². The highest BCUT2D eigenvalue weighted by Gasteiger charge is 2.20. The van der Waals surface area contributed by atoms with Crippen molar-refractivity contribution in [1.29, 1.82) is 0 Å². The Kier molecular flexibility index (Phi) is 4.97. The van der Waals surface area contributed by atoms with Crippen LogP contribution in [0, 0.1) is 0 Å². The van der Waals surface area contributed by atoms with E-state index in [0.29, 0.717) is 12.3 Å². The van der Waals surface area contributed by atoms with Crippen LogP contribution in [0.5, 0.6) is 0 Å². The van der Waals surface area contributed by atoms with E-state index >= 15 is 0 Å². The third-order valence-electron chi connectivity index (χ3n) is 3.21. The highest BCUT2D eigenvalue weighted by Crippen LogP contribution is 2.13. The van der Waals surface area contributed by atoms with Crippen LogP contribution in [0.4, 0.5) is 0 Å². The van der Waals surface area contributed by atoms with Crippen LogP contribution in [0.1, 0.15) is 17.6 Å². The van der Waals surface area contributed by atoms with Gasteiger partial charge in [0.05, 0.1) is 18.0 Å². The summed E-state index contributed by atoms with van der Waals surface area (Å²) in [6.45, 7) is 6.84. The molecule has 18 heavy (non-hydrogen) atoms. The molecule has 4 nitrogen and oxygen atoms in total. The van der Waals surface area contributed by atoms with E-state index in [9.17, 15) is 4.79 Å². The highest BCUT2D eigenvalue weighted by molar-refractivity contribution is 7.09. The van der Waals surface area contributed by atoms with Gasteiger partial charge in [-0.2, -0.15) is 0 Å². The van der Waals surface area contributed by atoms with Gasteiger partial charge < -0.3 is 9.80 Å². The van der Waals surface area contributed by atoms with Gasteiger partial charge in [0.2, 0.25) is 5.91 Å². The molecule has 2 heterocycles. The van der Waals surface area contributed by atoms with Crippen molar-refractivity contribution in [2.24, 2.45) is 0 Å². The average Bonchev–Trinajstić information content (AvgIpc) is 2.86. The van der Waals surface area contributed by atoms with E-state index in [1.54, 1.807) is 0 Å². The second-order valence-electron chi connectivity index (χ2n) is 4.36. The topological polar surface area (TPSA) is 36.4 Å². The van der Waals surface area contributed by atoms with Crippen molar-refractivity contribution >= 4 is 28.8 Å². The normalized spacial score (nSPS) is 17.1. The number of piperazine rings is 1. The van der Waals surface area contributed by atoms with Crippen LogP contribution in [0.25, 0.3) is 0 Å². The fourth-order valence-electron chi connectivity index (χ4n) is 2.05. The van der Waals surface area contributed by atoms with Crippen LogP contribution in [0.15, 0.2) is 5.38 Å². The molecule has 0 bridgehead atoms. The van der Waals surface area contributed by atoms with Crippen LogP contribution >= 0.6 is 22.9 Å². The van der Waals surface area contributed by atoms with E-state index < -0.39 is 0 Å². The van der Waals surface area contributed by atoms with Crippen LogP contribution in [-0.2, 0) is 17.1 Å². The number of alkyl halides is 1. The van der Waals surface area contributed by atoms with Crippen molar-refractivity contribution in [1.82, 2.24) is 14.8 Å². The molecule has 0 spiro atoms. The summed E-state index contributed by atoms with van der Waals surface area (Å²) in [5, 5.41) is 2.79. The smallest absolute Gasteiger partial charge is 0.229 e. The molecule has 1 amide bonds. The Morgan fingerprint density at radius 1 is 1.44 bits per heavy atom. The lowest BCUT2D eigenvalue weighted by molar-refractivity contribution is -0.132. The number of nitrogens with zero attached hydrogens (tertiary/aromatic N) is 3. The summed E-state index contributed by atoms with van der Waals surface area (Å²) in [5.74, 6) is 0.598. The van der Waals surface area contributed by atoms with Crippen molar-refractivity contribution in [3.05, 3.63) is 16.1 Å². The second kappa shape index (κ2) is 6.50. The largest absolute Gasteiger partial charge is 0.340 e. The molecule has 1 aliphatic heterocycles. The van der Waals surface area contributed by atoms with Gasteiger partial charge in [0.15, 0.2) is 0 Å². The molecule has 1 saturated heterocycles. The molecular formula is C12H18ClN3OS. The summed E-state index contributed by atoms with van der Waals surface area (Å²) in [6.07, 6.45) is 0.410. The summed E-state index contributed by atoms with van der Waals surface area (Å²) in [7, 11) is 0. The van der Waals surface area contributed by atoms with E-state index in [2.05, 4.69) is 16.8 Å². The molecule has 0 aromatic carbocycles. The lowest BCUT2D eigenvalue weighted by Gasteiger charge is -2.33. The maximum absolute atomic E-state index is 12.1. The molecule has 2 rings (SSSR count). The zero-order chi connectivity index (χ0) is 13.0. The minimum absolute atomic E-state index is 0.182. The second-order valence-corrected chi connectivity index (χ2v) is 5.57. The molecule has 1 fully saturated rings. The summed E-state index contributed by atoms with van der Waals surface area (Å²) in [4.78, 5) is 20.7. The minimum atomic E-state index is 0.182. The third kappa shape index (κ3) is 3.43. The number of thiazole rings is 1. The molecule has 0 aliphatic carbocycles. The first-order valence-electron chi connectivity index (χ1n) is 6.22. The van der Waals surface area contributed by atoms with Crippen molar-refractivity contribution in [3.63, 3.8) is 0 Å². The standard InChI is InChI=1S/C12H18ClN3OS/c1-2-15-3-5-16(6-4-15)12(17)7-11-14-10(8-13)9-18-11/h9H,2-8H2,1H3. The number of likely N-dealkylation sites (N-methyl/N-ethyl adjacent to an activating group) is 1. The Labute approximate surface area is 117 Å². The highest BCUT2D eigenvalue weighted by atomic mass is 35.5. The first kappa shape index (κ1) is 13.8. The van der Waals surface area contributed by atoms with Gasteiger partial charge in [-0.25, -0.2) is 4.98 Å². The average molecular weight is 288 g/mol. The number of amides is 1. The van der Waals surface area contributed by atoms with Crippen LogP contribution in [-0.4, -0.2) is 53.4 Å². The summed E-state index contributed by atoms with van der Waals surface area (Å²) >= 11 is 7.22. The number of carbonyl (C=O) groups is 1. The van der Waals surface area contributed by atoms with Crippen LogP contribution < -0.4 is 0 Å². The van der Waals surface area contributed by atoms with Gasteiger partial charge in [-0.3, -0.25) is 4.79 Å². The van der Waals surface area contributed by atoms with Crippen LogP contribution in [0.2, 0.25) is 0 Å². The number of hydrogen-bond donors (Lipinski definition) is 0. The fourth-order valence-corrected chi connectivity index (χ4v) is 3.06. The molecule has 6 heteroatoms. The Morgan fingerprint density at radius 2 is 2.17 bits per heavy atom. The van der Waals surface area contributed by atoms with E-state index in [4.69, 9.17) is 11.6 Å². The monoisotopic (exact) mass is 287 g/mol. The van der Waals surface area contributed by atoms with Gasteiger partial charge in [0.25, 0.3) is 0 Å². The fraction of sp³-hybridized carbons (Fsp3) is 0.667. The van der Waals surface area contributed by atoms with Gasteiger partial charge in [0.1, 0.15) is 5.01 Å². The van der Waals surface area contributed by atoms with Gasteiger partial charge in [-0.1, -0.05) is 6.92 Å². The molecule has 100 valence electrons. The Morgan fingerprint density at radius 3 is 2.72 bits per heavy atom. The number of halogens is 1. The Hall–Kier alpha value is -0.650. The molecule has 0 N–H and O–H groups in total. The number of rotatable bonds is 4. The summed E-state index contributed by atoms with van der Waals surface area (Å²) in [5.41, 5.74) is 0.861. The van der Waals surface area contributed by atoms with Gasteiger partial charge in [-0.15, -0.1) is 22.9 Å². The summed E-state index contributed by atoms with van der Waals surface area (Å²) < 4.78 is 0. The Balaban J connectivity index is 1.85. The lowest BCUT2D eigenvalue weighted by atomic mass is 10.3. The molecule has 0 saturated carbocycles. The maximum Gasteiger partial charge on any atom is 0.229 e. The SMILES string of the molecule is CCN1CCN(C(=O)Cc2nc(CCl)cs2)CC1. The predicted octanol–water partition coefficient (Wildman–Crippen LogP) is 1.59. The molecule has 1 aromatic heterocycles. The van der Waals surface area contributed by atoms with Crippen molar-refractivity contribution in [3.8, 4) is 0 Å². The zero-order valence-corrected chi connectivity index (χ0v) is 12.1. The predicted molar refractivity (Wildman–Crippen MR) is 74.1 cm³/mol. The third-order valence-corrected chi connectivity index (χ3v) is 4.38. The maximum atomic E-state index is 12.1. The minimum Gasteiger partial charge on any atom is -0.340 e. The number of hydrogen-bond acceptors (Lipinski definition) is 4. The van der Waals surface area contributed by atoms with Crippen molar-refractivity contribution < 1.29 is 4.79 Å².